The van der Waals surface area contributed by atoms with Crippen molar-refractivity contribution >= 4 is 44.6 Å². The number of hydrogen-bond acceptors (Lipinski definition) is 7. The van der Waals surface area contributed by atoms with Crippen LogP contribution in [0.25, 0.3) is 5.65 Å². The van der Waals surface area contributed by atoms with E-state index in [1.165, 1.54) is 12.6 Å². The van der Waals surface area contributed by atoms with Gasteiger partial charge in [-0.1, -0.05) is 23.7 Å². The minimum Gasteiger partial charge on any atom is -0.364 e. The average Bonchev–Trinajstić information content (AvgIpc) is 3.78. The predicted molar refractivity (Wildman–Crippen MR) is 141 cm³/mol. The summed E-state index contributed by atoms with van der Waals surface area (Å²) in [5, 5.41) is 6.73. The molecule has 0 aliphatic heterocycles. The molecular formula is C26H25ClN6O3S. The van der Waals surface area contributed by atoms with E-state index in [-0.39, 0.29) is 22.6 Å². The van der Waals surface area contributed by atoms with Crippen molar-refractivity contribution in [3.05, 3.63) is 77.0 Å². The van der Waals surface area contributed by atoms with Gasteiger partial charge in [-0.15, -0.1) is 0 Å². The molecule has 2 aliphatic carbocycles. The Hall–Kier alpha value is -3.50. The van der Waals surface area contributed by atoms with E-state index in [1.54, 1.807) is 16.5 Å². The molecule has 11 heteroatoms. The number of amides is 1. The third kappa shape index (κ3) is 5.17. The number of anilines is 2. The van der Waals surface area contributed by atoms with Crippen molar-refractivity contribution < 1.29 is 13.2 Å². The topological polar surface area (TPSA) is 118 Å². The second-order valence-electron chi connectivity index (χ2n) is 9.78. The molecule has 0 radical (unpaired) electrons. The summed E-state index contributed by atoms with van der Waals surface area (Å²) < 4.78 is 26.6. The SMILES string of the molecule is CS(=O)(=O)c1cc(C2CC2)cn2cc(CNc3cc(NC(=O)[C@H]4CC4c4cccc(Cl)c4)ncn3)nc12. The molecule has 1 amide bonds. The molecule has 37 heavy (non-hydrogen) atoms. The minimum absolute atomic E-state index is 0.0882. The number of fused-ring (bicyclic) bond motifs is 1. The molecule has 190 valence electrons. The Labute approximate surface area is 219 Å². The number of hydrogen-bond donors (Lipinski definition) is 2. The van der Waals surface area contributed by atoms with Crippen LogP contribution in [0.5, 0.6) is 0 Å². The fourth-order valence-corrected chi connectivity index (χ4v) is 5.68. The summed E-state index contributed by atoms with van der Waals surface area (Å²) >= 11 is 6.08. The Balaban J connectivity index is 1.13. The van der Waals surface area contributed by atoms with E-state index in [9.17, 15) is 13.2 Å². The molecule has 2 aliphatic rings. The number of sulfone groups is 1. The van der Waals surface area contributed by atoms with Crippen LogP contribution >= 0.6 is 11.6 Å². The molecule has 9 nitrogen and oxygen atoms in total. The standard InChI is InChI=1S/C26H25ClN6O3S/c1-37(35,36)22-8-17(15-5-6-15)12-33-13-19(31-25(22)33)11-28-23-10-24(30-14-29-23)32-26(34)21-9-20(21)16-3-2-4-18(27)7-16/h2-4,7-8,10,12-15,20-21H,5-6,9,11H2,1H3,(H2,28,29,30,32,34)/t20?,21-/m0/s1. The van der Waals surface area contributed by atoms with Gasteiger partial charge in [0.1, 0.15) is 22.9 Å². The Kier molecular flexibility index (Phi) is 5.88. The van der Waals surface area contributed by atoms with E-state index >= 15 is 0 Å². The number of imidazole rings is 1. The highest BCUT2D eigenvalue weighted by Crippen LogP contribution is 2.48. The summed E-state index contributed by atoms with van der Waals surface area (Å²) in [6, 6.07) is 11.0. The largest absolute Gasteiger partial charge is 0.364 e. The van der Waals surface area contributed by atoms with Crippen LogP contribution in [0.3, 0.4) is 0 Å². The highest BCUT2D eigenvalue weighted by molar-refractivity contribution is 7.91. The summed E-state index contributed by atoms with van der Waals surface area (Å²) in [5.41, 5.74) is 3.17. The van der Waals surface area contributed by atoms with E-state index in [1.807, 2.05) is 36.7 Å². The monoisotopic (exact) mass is 536 g/mol. The highest BCUT2D eigenvalue weighted by atomic mass is 35.5. The predicted octanol–water partition coefficient (Wildman–Crippen LogP) is 4.41. The molecule has 2 atom stereocenters. The van der Waals surface area contributed by atoms with E-state index in [2.05, 4.69) is 25.6 Å². The second kappa shape index (κ2) is 9.11. The van der Waals surface area contributed by atoms with E-state index in [0.29, 0.717) is 40.5 Å². The number of aromatic nitrogens is 4. The Morgan fingerprint density at radius 2 is 1.92 bits per heavy atom. The van der Waals surface area contributed by atoms with Gasteiger partial charge in [-0.3, -0.25) is 4.79 Å². The van der Waals surface area contributed by atoms with Crippen molar-refractivity contribution in [2.24, 2.45) is 5.92 Å². The first kappa shape index (κ1) is 23.9. The van der Waals surface area contributed by atoms with Crippen LogP contribution in [0.15, 0.2) is 60.0 Å². The lowest BCUT2D eigenvalue weighted by molar-refractivity contribution is -0.117. The second-order valence-corrected chi connectivity index (χ2v) is 12.2. The van der Waals surface area contributed by atoms with Gasteiger partial charge in [-0.2, -0.15) is 0 Å². The Morgan fingerprint density at radius 3 is 2.68 bits per heavy atom. The number of pyridine rings is 1. The van der Waals surface area contributed by atoms with Crippen molar-refractivity contribution in [2.75, 3.05) is 16.9 Å². The summed E-state index contributed by atoms with van der Waals surface area (Å²) in [4.78, 5) is 25.9. The molecule has 0 saturated heterocycles. The van der Waals surface area contributed by atoms with Gasteiger partial charge in [0.05, 0.1) is 12.2 Å². The van der Waals surface area contributed by atoms with Gasteiger partial charge in [0.15, 0.2) is 15.5 Å². The first-order chi connectivity index (χ1) is 17.7. The fraction of sp³-hybridized carbons (Fsp3) is 0.308. The molecular weight excluding hydrogens is 512 g/mol. The van der Waals surface area contributed by atoms with Crippen molar-refractivity contribution in [3.8, 4) is 0 Å². The first-order valence-corrected chi connectivity index (χ1v) is 14.4. The third-order valence-corrected chi connectivity index (χ3v) is 8.14. The molecule has 1 unspecified atom stereocenters. The number of nitrogens with one attached hydrogen (secondary N) is 2. The van der Waals surface area contributed by atoms with Gasteiger partial charge in [-0.05, 0) is 60.4 Å². The molecule has 3 aromatic heterocycles. The van der Waals surface area contributed by atoms with Crippen LogP contribution in [0, 0.1) is 5.92 Å². The van der Waals surface area contributed by atoms with Crippen molar-refractivity contribution in [1.82, 2.24) is 19.4 Å². The molecule has 2 saturated carbocycles. The smallest absolute Gasteiger partial charge is 0.229 e. The quantitative estimate of drug-likeness (QED) is 0.342. The van der Waals surface area contributed by atoms with E-state index in [4.69, 9.17) is 11.6 Å². The number of carbonyl (C=O) groups excluding carboxylic acids is 1. The molecule has 2 fully saturated rings. The molecule has 3 heterocycles. The van der Waals surface area contributed by atoms with E-state index < -0.39 is 9.84 Å². The zero-order valence-corrected chi connectivity index (χ0v) is 21.6. The number of rotatable bonds is 8. The lowest BCUT2D eigenvalue weighted by atomic mass is 10.1. The van der Waals surface area contributed by atoms with Crippen LogP contribution in [-0.4, -0.2) is 39.9 Å². The first-order valence-electron chi connectivity index (χ1n) is 12.1. The number of carbonyl (C=O) groups is 1. The zero-order valence-electron chi connectivity index (χ0n) is 20.1. The normalized spacial score (nSPS) is 19.1. The maximum atomic E-state index is 12.7. The van der Waals surface area contributed by atoms with Crippen LogP contribution < -0.4 is 10.6 Å². The van der Waals surface area contributed by atoms with Gasteiger partial charge in [0, 0.05) is 35.7 Å². The molecule has 2 N–H and O–H groups in total. The van der Waals surface area contributed by atoms with Gasteiger partial charge >= 0.3 is 0 Å². The number of halogens is 1. The average molecular weight is 537 g/mol. The summed E-state index contributed by atoms with van der Waals surface area (Å²) in [7, 11) is -3.43. The molecule has 1 aromatic carbocycles. The molecule has 4 aromatic rings. The Morgan fingerprint density at radius 1 is 1.11 bits per heavy atom. The van der Waals surface area contributed by atoms with Gasteiger partial charge in [0.2, 0.25) is 5.91 Å². The lowest BCUT2D eigenvalue weighted by Crippen LogP contribution is -2.16. The summed E-state index contributed by atoms with van der Waals surface area (Å²) in [6.45, 7) is 0.327. The fourth-order valence-electron chi connectivity index (χ4n) is 4.65. The van der Waals surface area contributed by atoms with Crippen LogP contribution in [0.1, 0.15) is 47.9 Å². The molecule has 0 bridgehead atoms. The van der Waals surface area contributed by atoms with Gasteiger partial charge in [-0.25, -0.2) is 23.4 Å². The van der Waals surface area contributed by atoms with Crippen molar-refractivity contribution in [2.45, 2.75) is 42.5 Å². The number of nitrogens with zero attached hydrogens (tertiary/aromatic N) is 4. The lowest BCUT2D eigenvalue weighted by Gasteiger charge is -2.07. The minimum atomic E-state index is -3.43. The zero-order chi connectivity index (χ0) is 25.7. The van der Waals surface area contributed by atoms with Crippen LogP contribution in [-0.2, 0) is 21.2 Å². The van der Waals surface area contributed by atoms with Crippen molar-refractivity contribution in [1.29, 1.82) is 0 Å². The maximum Gasteiger partial charge on any atom is 0.229 e. The molecule has 6 rings (SSSR count). The Bertz CT molecular complexity index is 1630. The van der Waals surface area contributed by atoms with Crippen molar-refractivity contribution in [3.63, 3.8) is 0 Å². The highest BCUT2D eigenvalue weighted by Gasteiger charge is 2.44. The van der Waals surface area contributed by atoms with Crippen LogP contribution in [0.2, 0.25) is 5.02 Å². The van der Waals surface area contributed by atoms with Gasteiger partial charge in [0.25, 0.3) is 0 Å². The van der Waals surface area contributed by atoms with E-state index in [0.717, 1.165) is 30.4 Å². The summed E-state index contributed by atoms with van der Waals surface area (Å²) in [5.74, 6) is 1.29. The molecule has 0 spiro atoms. The van der Waals surface area contributed by atoms with Gasteiger partial charge < -0.3 is 15.0 Å². The summed E-state index contributed by atoms with van der Waals surface area (Å²) in [6.07, 6.45) is 9.31. The number of benzene rings is 1. The maximum absolute atomic E-state index is 12.7. The van der Waals surface area contributed by atoms with Crippen LogP contribution in [0.4, 0.5) is 11.6 Å². The third-order valence-electron chi connectivity index (χ3n) is 6.81.